The lowest BCUT2D eigenvalue weighted by Gasteiger charge is -2.44. The van der Waals surface area contributed by atoms with Crippen LogP contribution in [0.15, 0.2) is 17.0 Å². The lowest BCUT2D eigenvalue weighted by atomic mass is 9.88. The first-order valence-electron chi connectivity index (χ1n) is 14.6. The van der Waals surface area contributed by atoms with Gasteiger partial charge in [-0.05, 0) is 82.6 Å². The van der Waals surface area contributed by atoms with Crippen molar-refractivity contribution in [3.05, 3.63) is 23.3 Å². The Morgan fingerprint density at radius 3 is 2.54 bits per heavy atom. The number of likely N-dealkylation sites (N-methyl/N-ethyl adjacent to an activating group) is 1. The van der Waals surface area contributed by atoms with Crippen LogP contribution in [0.4, 0.5) is 0 Å². The molecule has 2 fully saturated rings. The molecule has 2 heterocycles. The van der Waals surface area contributed by atoms with E-state index >= 15 is 0 Å². The fourth-order valence-corrected chi connectivity index (χ4v) is 8.38. The van der Waals surface area contributed by atoms with E-state index in [1.54, 1.807) is 13.2 Å². The maximum absolute atomic E-state index is 13.4. The van der Waals surface area contributed by atoms with Crippen molar-refractivity contribution in [3.63, 3.8) is 0 Å². The second-order valence-electron chi connectivity index (χ2n) is 11.6. The van der Waals surface area contributed by atoms with Gasteiger partial charge in [-0.15, -0.1) is 0 Å². The smallest absolute Gasteiger partial charge is 0.248 e. The van der Waals surface area contributed by atoms with Gasteiger partial charge in [0.15, 0.2) is 0 Å². The van der Waals surface area contributed by atoms with Crippen molar-refractivity contribution >= 4 is 15.9 Å². The van der Waals surface area contributed by atoms with Gasteiger partial charge in [0.25, 0.3) is 0 Å². The molecule has 1 saturated heterocycles. The molecule has 1 amide bonds. The number of hydrogen-bond donors (Lipinski definition) is 0. The van der Waals surface area contributed by atoms with Gasteiger partial charge in [-0.2, -0.15) is 4.31 Å². The summed E-state index contributed by atoms with van der Waals surface area (Å²) < 4.78 is 39.5. The summed E-state index contributed by atoms with van der Waals surface area (Å²) in [6.45, 7) is 11.6. The van der Waals surface area contributed by atoms with Gasteiger partial charge in [-0.25, -0.2) is 8.42 Å². The van der Waals surface area contributed by atoms with Gasteiger partial charge in [0, 0.05) is 64.4 Å². The largest absolute Gasteiger partial charge is 0.497 e. The number of nitrogens with zero attached hydrogens (tertiary/aromatic N) is 4. The molecule has 39 heavy (non-hydrogen) atoms. The summed E-state index contributed by atoms with van der Waals surface area (Å²) in [6.07, 6.45) is 5.80. The van der Waals surface area contributed by atoms with Crippen molar-refractivity contribution in [1.29, 1.82) is 0 Å². The Labute approximate surface area is 235 Å². The number of benzene rings is 1. The van der Waals surface area contributed by atoms with E-state index in [9.17, 15) is 13.2 Å². The average Bonchev–Trinajstić information content (AvgIpc) is 3.05. The quantitative estimate of drug-likeness (QED) is 0.427. The number of piperazine rings is 1. The summed E-state index contributed by atoms with van der Waals surface area (Å²) >= 11 is 0. The molecule has 0 radical (unpaired) electrons. The van der Waals surface area contributed by atoms with Crippen molar-refractivity contribution in [3.8, 4) is 5.75 Å². The fraction of sp³-hybridized carbons (Fsp3) is 0.759. The fourth-order valence-electron chi connectivity index (χ4n) is 6.48. The first-order chi connectivity index (χ1) is 18.6. The van der Waals surface area contributed by atoms with Gasteiger partial charge in [0.05, 0.1) is 18.6 Å². The van der Waals surface area contributed by atoms with E-state index in [-0.39, 0.29) is 31.7 Å². The van der Waals surface area contributed by atoms with Gasteiger partial charge >= 0.3 is 0 Å². The third kappa shape index (κ3) is 7.14. The number of methoxy groups -OCH3 is 1. The van der Waals surface area contributed by atoms with Crippen LogP contribution in [0.5, 0.6) is 5.75 Å². The lowest BCUT2D eigenvalue weighted by Crippen LogP contribution is -2.54. The summed E-state index contributed by atoms with van der Waals surface area (Å²) in [6, 6.07) is 4.96. The van der Waals surface area contributed by atoms with Crippen LogP contribution in [-0.4, -0.2) is 118 Å². The van der Waals surface area contributed by atoms with Gasteiger partial charge in [0.2, 0.25) is 15.9 Å². The molecule has 1 aliphatic carbocycles. The minimum atomic E-state index is -3.64. The number of carbonyl (C=O) groups is 1. The van der Waals surface area contributed by atoms with Crippen LogP contribution in [0.2, 0.25) is 0 Å². The number of carbonyl (C=O) groups excluding carboxylic acids is 1. The summed E-state index contributed by atoms with van der Waals surface area (Å²) in [7, 11) is -0.155. The second kappa shape index (κ2) is 13.3. The third-order valence-electron chi connectivity index (χ3n) is 8.88. The summed E-state index contributed by atoms with van der Waals surface area (Å²) in [4.78, 5) is 20.4. The highest BCUT2D eigenvalue weighted by molar-refractivity contribution is 7.89. The zero-order valence-corrected chi connectivity index (χ0v) is 25.3. The minimum Gasteiger partial charge on any atom is -0.497 e. The molecule has 0 aromatic heterocycles. The van der Waals surface area contributed by atoms with E-state index in [1.807, 2.05) is 24.9 Å². The number of rotatable bonds is 9. The number of ether oxygens (including phenoxy) is 2. The van der Waals surface area contributed by atoms with Gasteiger partial charge in [0.1, 0.15) is 12.4 Å². The molecule has 10 heteroatoms. The predicted molar refractivity (Wildman–Crippen MR) is 153 cm³/mol. The molecule has 0 unspecified atom stereocenters. The molecule has 0 spiro atoms. The average molecular weight is 565 g/mol. The Kier molecular flexibility index (Phi) is 10.3. The summed E-state index contributed by atoms with van der Waals surface area (Å²) in [5, 5.41) is 0. The number of aryl methyl sites for hydroxylation is 2. The highest BCUT2D eigenvalue weighted by Crippen LogP contribution is 2.32. The monoisotopic (exact) mass is 564 g/mol. The Bertz CT molecular complexity index is 1090. The van der Waals surface area contributed by atoms with E-state index in [1.165, 1.54) is 10.7 Å². The van der Waals surface area contributed by atoms with Crippen molar-refractivity contribution < 1.29 is 22.7 Å². The van der Waals surface area contributed by atoms with E-state index in [4.69, 9.17) is 9.47 Å². The van der Waals surface area contributed by atoms with Crippen molar-refractivity contribution in [2.45, 2.75) is 82.3 Å². The van der Waals surface area contributed by atoms with Crippen LogP contribution in [0.3, 0.4) is 0 Å². The molecule has 2 atom stereocenters. The molecule has 4 rings (SSSR count). The van der Waals surface area contributed by atoms with Crippen LogP contribution in [-0.2, 0) is 26.0 Å². The van der Waals surface area contributed by atoms with Crippen LogP contribution < -0.4 is 4.74 Å². The zero-order chi connectivity index (χ0) is 28.2. The first kappa shape index (κ1) is 30.2. The predicted octanol–water partition coefficient (Wildman–Crippen LogP) is 2.75. The van der Waals surface area contributed by atoms with Crippen LogP contribution in [0.1, 0.15) is 57.1 Å². The van der Waals surface area contributed by atoms with Crippen molar-refractivity contribution in [2.75, 3.05) is 66.6 Å². The molecule has 0 N–H and O–H groups in total. The van der Waals surface area contributed by atoms with Crippen molar-refractivity contribution in [1.82, 2.24) is 19.0 Å². The third-order valence-corrected chi connectivity index (χ3v) is 11.0. The molecule has 220 valence electrons. The Hall–Kier alpha value is -1.72. The van der Waals surface area contributed by atoms with Gasteiger partial charge in [-0.1, -0.05) is 0 Å². The molecule has 9 nitrogen and oxygen atoms in total. The molecule has 1 aromatic carbocycles. The summed E-state index contributed by atoms with van der Waals surface area (Å²) in [5.74, 6) is 0.649. The van der Waals surface area contributed by atoms with E-state index in [2.05, 4.69) is 23.6 Å². The van der Waals surface area contributed by atoms with E-state index < -0.39 is 10.0 Å². The molecule has 3 aliphatic rings. The van der Waals surface area contributed by atoms with Gasteiger partial charge in [-0.3, -0.25) is 14.6 Å². The molecular weight excluding hydrogens is 516 g/mol. The maximum atomic E-state index is 13.4. The Morgan fingerprint density at radius 2 is 1.85 bits per heavy atom. The Morgan fingerprint density at radius 1 is 1.10 bits per heavy atom. The molecule has 1 saturated carbocycles. The SMILES string of the molecule is COc1cc(C)c2c(c1)CCCN(CCOCC(=O)N(C)[C@H]1CCC[C@H](N3CCN(C(C)C)CC3)C1)S2(=O)=O. The number of fused-ring (bicyclic) bond motifs is 1. The highest BCUT2D eigenvalue weighted by atomic mass is 32.2. The molecule has 1 aromatic rings. The van der Waals surface area contributed by atoms with Crippen LogP contribution in [0.25, 0.3) is 0 Å². The van der Waals surface area contributed by atoms with Crippen LogP contribution >= 0.6 is 0 Å². The van der Waals surface area contributed by atoms with Gasteiger partial charge < -0.3 is 14.4 Å². The van der Waals surface area contributed by atoms with E-state index in [0.29, 0.717) is 41.3 Å². The van der Waals surface area contributed by atoms with E-state index in [0.717, 1.165) is 57.4 Å². The summed E-state index contributed by atoms with van der Waals surface area (Å²) in [5.41, 5.74) is 1.50. The molecule has 0 bridgehead atoms. The highest BCUT2D eigenvalue weighted by Gasteiger charge is 2.33. The molecule has 2 aliphatic heterocycles. The number of amides is 1. The Balaban J connectivity index is 1.25. The maximum Gasteiger partial charge on any atom is 0.248 e. The van der Waals surface area contributed by atoms with Crippen LogP contribution in [0, 0.1) is 6.92 Å². The number of sulfonamides is 1. The minimum absolute atomic E-state index is 0.0224. The van der Waals surface area contributed by atoms with Crippen molar-refractivity contribution in [2.24, 2.45) is 0 Å². The zero-order valence-electron chi connectivity index (χ0n) is 24.5. The topological polar surface area (TPSA) is 82.6 Å². The standard InChI is InChI=1S/C29H48N4O5S/c1-22(2)31-12-14-32(15-13-31)26-10-6-9-25(20-26)30(4)28(34)21-38-17-16-33-11-7-8-24-19-27(37-5)18-23(3)29(24)39(33,35)36/h18-19,22,25-26H,6-17,20-21H2,1-5H3/t25-,26-/m0/s1. The number of hydrogen-bond acceptors (Lipinski definition) is 7. The molecular formula is C29H48N4O5S. The first-order valence-corrected chi connectivity index (χ1v) is 16.0. The normalized spacial score (nSPS) is 24.8. The lowest BCUT2D eigenvalue weighted by molar-refractivity contribution is -0.138. The second-order valence-corrected chi connectivity index (χ2v) is 13.5.